The molecule has 4 nitrogen and oxygen atoms in total. The summed E-state index contributed by atoms with van der Waals surface area (Å²) in [6.07, 6.45) is -6.07. The van der Waals surface area contributed by atoms with Crippen LogP contribution in [0, 0.1) is 11.3 Å². The first-order chi connectivity index (χ1) is 11.3. The number of hydrogen-bond acceptors (Lipinski definition) is 4. The lowest BCUT2D eigenvalue weighted by Crippen LogP contribution is -2.58. The maximum Gasteiger partial charge on any atom is 0.462 e. The molecule has 138 valence electrons. The molecule has 1 aromatic carbocycles. The van der Waals surface area contributed by atoms with Crippen LogP contribution in [-0.2, 0) is 0 Å². The van der Waals surface area contributed by atoms with E-state index in [0.29, 0.717) is 11.6 Å². The van der Waals surface area contributed by atoms with Gasteiger partial charge in [-0.25, -0.2) is 5.43 Å². The zero-order valence-electron chi connectivity index (χ0n) is 11.6. The van der Waals surface area contributed by atoms with Gasteiger partial charge < -0.3 is 4.74 Å². The van der Waals surface area contributed by atoms with Gasteiger partial charge in [0.1, 0.15) is 11.8 Å². The highest BCUT2D eigenvalue weighted by molar-refractivity contribution is 6.36. The summed E-state index contributed by atoms with van der Waals surface area (Å²) in [5.74, 6) is -6.63. The summed E-state index contributed by atoms with van der Waals surface area (Å²) >= 11 is 11.4. The fraction of sp³-hybridized carbons (Fsp3) is 0.333. The number of benzene rings is 1. The second-order valence-corrected chi connectivity index (χ2v) is 5.11. The molecule has 0 heterocycles. The van der Waals surface area contributed by atoms with E-state index in [1.807, 2.05) is 0 Å². The lowest BCUT2D eigenvalue weighted by atomic mass is 10.2. The van der Waals surface area contributed by atoms with Crippen molar-refractivity contribution in [2.45, 2.75) is 18.1 Å². The minimum absolute atomic E-state index is 0.0388. The molecule has 0 bridgehead atoms. The molecule has 25 heavy (non-hydrogen) atoms. The highest BCUT2D eigenvalue weighted by Crippen LogP contribution is 2.45. The number of alkyl halides is 7. The summed E-state index contributed by atoms with van der Waals surface area (Å²) in [6, 6.07) is -1.93. The summed E-state index contributed by atoms with van der Waals surface area (Å²) in [4.78, 5) is 0. The Bertz CT molecular complexity index is 701. The van der Waals surface area contributed by atoms with Crippen LogP contribution in [0.15, 0.2) is 17.2 Å². The predicted molar refractivity (Wildman–Crippen MR) is 74.2 cm³/mol. The van der Waals surface area contributed by atoms with Gasteiger partial charge in [-0.2, -0.15) is 41.1 Å². The maximum atomic E-state index is 13.0. The number of nitrogens with one attached hydrogen (secondary N) is 1. The van der Waals surface area contributed by atoms with E-state index in [1.165, 1.54) is 0 Å². The number of halogens is 9. The quantitative estimate of drug-likeness (QED) is 0.322. The third kappa shape index (κ3) is 4.79. The molecule has 0 radical (unpaired) electrons. The fourth-order valence-corrected chi connectivity index (χ4v) is 1.93. The van der Waals surface area contributed by atoms with E-state index >= 15 is 0 Å². The molecule has 1 aromatic rings. The third-order valence-electron chi connectivity index (χ3n) is 2.48. The van der Waals surface area contributed by atoms with Crippen LogP contribution >= 0.6 is 23.2 Å². The van der Waals surface area contributed by atoms with E-state index in [0.717, 1.165) is 12.1 Å². The monoisotopic (exact) mass is 411 g/mol. The van der Waals surface area contributed by atoms with Crippen molar-refractivity contribution < 1.29 is 35.5 Å². The van der Waals surface area contributed by atoms with E-state index in [1.54, 1.807) is 6.07 Å². The standard InChI is InChI=1S/C12H6Cl2F7N3O/c13-7-3-6(9(8(14)4-7)25-2-1-22)5-23-24-12(20,21)10(15,16)11(17,18)19/h3-5,24H,2H2/b23-5-. The number of hydrogen-bond donors (Lipinski definition) is 1. The van der Waals surface area contributed by atoms with Gasteiger partial charge in [0, 0.05) is 10.6 Å². The molecule has 0 aliphatic heterocycles. The first-order valence-corrected chi connectivity index (χ1v) is 6.70. The third-order valence-corrected chi connectivity index (χ3v) is 2.98. The first-order valence-electron chi connectivity index (χ1n) is 5.95. The van der Waals surface area contributed by atoms with Crippen molar-refractivity contribution >= 4 is 29.4 Å². The van der Waals surface area contributed by atoms with E-state index in [2.05, 4.69) is 5.10 Å². The molecule has 1 rings (SSSR count). The van der Waals surface area contributed by atoms with E-state index < -0.39 is 24.8 Å². The van der Waals surface area contributed by atoms with Gasteiger partial charge in [0.2, 0.25) is 0 Å². The second-order valence-electron chi connectivity index (χ2n) is 4.27. The summed E-state index contributed by atoms with van der Waals surface area (Å²) < 4.78 is 92.3. The SMILES string of the molecule is N#CCOc1c(Cl)cc(Cl)cc1/C=N\NC(F)(F)C(F)(F)C(F)(F)F. The first kappa shape index (κ1) is 21.1. The summed E-state index contributed by atoms with van der Waals surface area (Å²) in [5.41, 5.74) is 0.192. The minimum atomic E-state index is -6.50. The second kappa shape index (κ2) is 7.53. The number of rotatable bonds is 6. The number of ether oxygens (including phenoxy) is 1. The molecular formula is C12H6Cl2F7N3O. The Morgan fingerprint density at radius 3 is 2.28 bits per heavy atom. The average Bonchev–Trinajstić information content (AvgIpc) is 2.44. The van der Waals surface area contributed by atoms with Crippen molar-refractivity contribution in [1.82, 2.24) is 5.43 Å². The smallest absolute Gasteiger partial charge is 0.462 e. The molecular weight excluding hydrogens is 406 g/mol. The largest absolute Gasteiger partial charge is 0.476 e. The zero-order chi connectivity index (χ0) is 19.5. The van der Waals surface area contributed by atoms with Crippen LogP contribution < -0.4 is 10.2 Å². The summed E-state index contributed by atoms with van der Waals surface area (Å²) in [6.45, 7) is -0.516. The number of nitrogens with zero attached hydrogens (tertiary/aromatic N) is 2. The Morgan fingerprint density at radius 1 is 1.16 bits per heavy atom. The Labute approximate surface area is 145 Å². The van der Waals surface area contributed by atoms with E-state index in [4.69, 9.17) is 33.2 Å². The van der Waals surface area contributed by atoms with Crippen LogP contribution in [0.1, 0.15) is 5.56 Å². The Kier molecular flexibility index (Phi) is 6.36. The van der Waals surface area contributed by atoms with Crippen molar-refractivity contribution in [1.29, 1.82) is 5.26 Å². The molecule has 13 heteroatoms. The van der Waals surface area contributed by atoms with Gasteiger partial charge in [-0.3, -0.25) is 0 Å². The summed E-state index contributed by atoms with van der Waals surface area (Å²) in [5, 5.41) is 10.9. The van der Waals surface area contributed by atoms with Crippen molar-refractivity contribution in [3.63, 3.8) is 0 Å². The van der Waals surface area contributed by atoms with Gasteiger partial charge in [0.25, 0.3) is 0 Å². The van der Waals surface area contributed by atoms with Crippen LogP contribution in [0.5, 0.6) is 5.75 Å². The fourth-order valence-electron chi connectivity index (χ4n) is 1.36. The van der Waals surface area contributed by atoms with Gasteiger partial charge in [-0.1, -0.05) is 23.2 Å². The predicted octanol–water partition coefficient (Wildman–Crippen LogP) is 4.61. The van der Waals surface area contributed by atoms with Crippen LogP contribution in [-0.4, -0.2) is 31.0 Å². The number of nitriles is 1. The van der Waals surface area contributed by atoms with Crippen LogP contribution in [0.4, 0.5) is 30.7 Å². The van der Waals surface area contributed by atoms with Crippen molar-refractivity contribution in [2.24, 2.45) is 5.10 Å². The Morgan fingerprint density at radius 2 is 1.76 bits per heavy atom. The minimum Gasteiger partial charge on any atom is -0.476 e. The van der Waals surface area contributed by atoms with Gasteiger partial charge >= 0.3 is 18.1 Å². The molecule has 0 amide bonds. The Balaban J connectivity index is 3.09. The molecule has 0 fully saturated rings. The van der Waals surface area contributed by atoms with Gasteiger partial charge in [0.05, 0.1) is 11.2 Å². The van der Waals surface area contributed by atoms with Crippen LogP contribution in [0.3, 0.4) is 0 Å². The summed E-state index contributed by atoms with van der Waals surface area (Å²) in [7, 11) is 0. The van der Waals surface area contributed by atoms with Crippen molar-refractivity contribution in [2.75, 3.05) is 6.61 Å². The molecule has 0 saturated heterocycles. The van der Waals surface area contributed by atoms with E-state index in [9.17, 15) is 30.7 Å². The maximum absolute atomic E-state index is 13.0. The molecule has 1 N–H and O–H groups in total. The number of hydrazone groups is 1. The normalized spacial score (nSPS) is 13.0. The highest BCUT2D eigenvalue weighted by Gasteiger charge is 2.73. The zero-order valence-corrected chi connectivity index (χ0v) is 13.2. The van der Waals surface area contributed by atoms with Gasteiger partial charge in [0.15, 0.2) is 6.61 Å². The van der Waals surface area contributed by atoms with Gasteiger partial charge in [-0.15, -0.1) is 0 Å². The van der Waals surface area contributed by atoms with Crippen LogP contribution in [0.2, 0.25) is 10.0 Å². The topological polar surface area (TPSA) is 57.4 Å². The van der Waals surface area contributed by atoms with E-state index in [-0.39, 0.29) is 21.4 Å². The Hall–Kier alpha value is -1.93. The lowest BCUT2D eigenvalue weighted by molar-refractivity contribution is -0.361. The molecule has 0 aromatic heterocycles. The van der Waals surface area contributed by atoms with Crippen LogP contribution in [0.25, 0.3) is 0 Å². The van der Waals surface area contributed by atoms with Gasteiger partial charge in [-0.05, 0) is 12.1 Å². The molecule has 0 spiro atoms. The molecule has 0 aliphatic rings. The van der Waals surface area contributed by atoms with Crippen molar-refractivity contribution in [3.8, 4) is 11.8 Å². The average molecular weight is 412 g/mol. The lowest BCUT2D eigenvalue weighted by Gasteiger charge is -2.27. The van der Waals surface area contributed by atoms with Crippen molar-refractivity contribution in [3.05, 3.63) is 27.7 Å². The molecule has 0 unspecified atom stereocenters. The highest BCUT2D eigenvalue weighted by atomic mass is 35.5. The molecule has 0 aliphatic carbocycles. The molecule has 0 atom stereocenters. The molecule has 0 saturated carbocycles.